The number of pyridine rings is 1. The first-order valence-electron chi connectivity index (χ1n) is 6.04. The zero-order valence-electron chi connectivity index (χ0n) is 10.8. The molecule has 1 atom stereocenters. The summed E-state index contributed by atoms with van der Waals surface area (Å²) in [6.07, 6.45) is -3.58. The average molecular weight is 303 g/mol. The van der Waals surface area contributed by atoms with Gasteiger partial charge in [-0.05, 0) is 18.1 Å². The Balaban J connectivity index is 2.07. The fourth-order valence-electron chi connectivity index (χ4n) is 1.89. The lowest BCUT2D eigenvalue weighted by atomic mass is 10.1. The molecule has 0 aromatic carbocycles. The molecule has 0 bridgehead atoms. The lowest BCUT2D eigenvalue weighted by molar-refractivity contribution is -0.137. The zero-order valence-corrected chi connectivity index (χ0v) is 10.8. The molecule has 2 heterocycles. The number of carbonyl (C=O) groups excluding carboxylic acids is 2. The fraction of sp³-hybridized carbons (Fsp3) is 0.417. The van der Waals surface area contributed by atoms with Gasteiger partial charge >= 0.3 is 12.3 Å². The largest absolute Gasteiger partial charge is 0.447 e. The number of hydrogen-bond acceptors (Lipinski definition) is 5. The molecular formula is C12H12F3N3O3. The summed E-state index contributed by atoms with van der Waals surface area (Å²) in [6, 6.07) is -0.261. The Morgan fingerprint density at radius 2 is 2.19 bits per heavy atom. The van der Waals surface area contributed by atoms with Crippen molar-refractivity contribution in [2.75, 3.05) is 13.2 Å². The highest BCUT2D eigenvalue weighted by Crippen LogP contribution is 2.29. The molecule has 2 amide bonds. The predicted molar refractivity (Wildman–Crippen MR) is 64.0 cm³/mol. The number of halogens is 3. The second-order valence-electron chi connectivity index (χ2n) is 4.49. The molecule has 0 radical (unpaired) electrons. The van der Waals surface area contributed by atoms with Gasteiger partial charge in [0.2, 0.25) is 5.91 Å². The summed E-state index contributed by atoms with van der Waals surface area (Å²) < 4.78 is 42.3. The van der Waals surface area contributed by atoms with Gasteiger partial charge in [0, 0.05) is 12.4 Å². The van der Waals surface area contributed by atoms with E-state index in [4.69, 9.17) is 5.73 Å². The summed E-state index contributed by atoms with van der Waals surface area (Å²) in [5.41, 5.74) is 4.89. The molecule has 0 saturated carbocycles. The van der Waals surface area contributed by atoms with Gasteiger partial charge in [0.15, 0.2) is 0 Å². The van der Waals surface area contributed by atoms with Gasteiger partial charge in [0.05, 0.1) is 18.2 Å². The van der Waals surface area contributed by atoms with Crippen LogP contribution >= 0.6 is 0 Å². The van der Waals surface area contributed by atoms with Crippen LogP contribution in [0.4, 0.5) is 18.0 Å². The molecule has 1 aromatic rings. The molecule has 0 aliphatic carbocycles. The van der Waals surface area contributed by atoms with Crippen LogP contribution < -0.4 is 5.73 Å². The fourth-order valence-corrected chi connectivity index (χ4v) is 1.89. The monoisotopic (exact) mass is 303 g/mol. The molecule has 114 valence electrons. The smallest absolute Gasteiger partial charge is 0.417 e. The summed E-state index contributed by atoms with van der Waals surface area (Å²) in [7, 11) is 0. The van der Waals surface area contributed by atoms with Crippen LogP contribution in [0.2, 0.25) is 0 Å². The van der Waals surface area contributed by atoms with E-state index in [1.165, 1.54) is 6.20 Å². The quantitative estimate of drug-likeness (QED) is 0.898. The number of nitrogens with zero attached hydrogens (tertiary/aromatic N) is 2. The highest BCUT2D eigenvalue weighted by molar-refractivity contribution is 5.95. The van der Waals surface area contributed by atoms with Crippen molar-refractivity contribution in [1.82, 2.24) is 9.88 Å². The Kier molecular flexibility index (Phi) is 4.12. The minimum absolute atomic E-state index is 0.0857. The third-order valence-electron chi connectivity index (χ3n) is 2.92. The maximum atomic E-state index is 12.6. The molecule has 0 spiro atoms. The van der Waals surface area contributed by atoms with Crippen LogP contribution in [0.15, 0.2) is 18.5 Å². The second-order valence-corrected chi connectivity index (χ2v) is 4.49. The normalized spacial score (nSPS) is 16.8. The van der Waals surface area contributed by atoms with E-state index >= 15 is 0 Å². The average Bonchev–Trinajstić information content (AvgIpc) is 2.83. The third-order valence-corrected chi connectivity index (χ3v) is 2.92. The first-order valence-corrected chi connectivity index (χ1v) is 6.04. The summed E-state index contributed by atoms with van der Waals surface area (Å²) in [6.45, 7) is 0.175. The maximum Gasteiger partial charge on any atom is 0.417 e. The van der Waals surface area contributed by atoms with Gasteiger partial charge in [-0.15, -0.1) is 0 Å². The molecule has 1 aromatic heterocycles. The summed E-state index contributed by atoms with van der Waals surface area (Å²) >= 11 is 0. The minimum Gasteiger partial charge on any atom is -0.447 e. The van der Waals surface area contributed by atoms with Crippen molar-refractivity contribution in [2.24, 2.45) is 5.73 Å². The first kappa shape index (κ1) is 15.2. The van der Waals surface area contributed by atoms with Gasteiger partial charge in [-0.3, -0.25) is 9.78 Å². The topological polar surface area (TPSA) is 85.5 Å². The lowest BCUT2D eigenvalue weighted by Crippen LogP contribution is -2.45. The van der Waals surface area contributed by atoms with Gasteiger partial charge in [-0.25, -0.2) is 9.69 Å². The van der Waals surface area contributed by atoms with Crippen LogP contribution in [0.25, 0.3) is 0 Å². The standard InChI is InChI=1S/C12H12F3N3O3/c13-12(14,15)8-3-7(5-17-6-8)4-9(16)10(19)18-1-2-21-11(18)20/h3,5-6,9H,1-2,4,16H2. The number of aromatic nitrogens is 1. The highest BCUT2D eigenvalue weighted by Gasteiger charge is 2.33. The number of carbonyl (C=O) groups is 2. The van der Waals surface area contributed by atoms with Gasteiger partial charge in [-0.1, -0.05) is 0 Å². The van der Waals surface area contributed by atoms with Crippen molar-refractivity contribution in [1.29, 1.82) is 0 Å². The third kappa shape index (κ3) is 3.48. The Labute approximate surface area is 117 Å². The van der Waals surface area contributed by atoms with Gasteiger partial charge in [0.25, 0.3) is 0 Å². The first-order chi connectivity index (χ1) is 9.79. The summed E-state index contributed by atoms with van der Waals surface area (Å²) in [5, 5.41) is 0. The van der Waals surface area contributed by atoms with E-state index in [2.05, 4.69) is 9.72 Å². The van der Waals surface area contributed by atoms with Crippen LogP contribution in [0.1, 0.15) is 11.1 Å². The van der Waals surface area contributed by atoms with Crippen LogP contribution in [0, 0.1) is 0 Å². The van der Waals surface area contributed by atoms with E-state index in [-0.39, 0.29) is 25.1 Å². The van der Waals surface area contributed by atoms with Crippen molar-refractivity contribution in [3.05, 3.63) is 29.6 Å². The Bertz CT molecular complexity index is 562. The molecule has 1 saturated heterocycles. The summed E-state index contributed by atoms with van der Waals surface area (Å²) in [5.74, 6) is -0.685. The Hall–Kier alpha value is -2.16. The molecule has 1 unspecified atom stereocenters. The molecule has 2 N–H and O–H groups in total. The molecule has 1 aliphatic rings. The second kappa shape index (κ2) is 5.68. The molecule has 21 heavy (non-hydrogen) atoms. The van der Waals surface area contributed by atoms with E-state index < -0.39 is 29.8 Å². The number of imide groups is 1. The van der Waals surface area contributed by atoms with Crippen molar-refractivity contribution in [3.63, 3.8) is 0 Å². The zero-order chi connectivity index (χ0) is 15.6. The van der Waals surface area contributed by atoms with E-state index in [0.717, 1.165) is 11.0 Å². The van der Waals surface area contributed by atoms with Crippen molar-refractivity contribution >= 4 is 12.0 Å². The SMILES string of the molecule is NC(Cc1cncc(C(F)(F)F)c1)C(=O)N1CCOC1=O. The van der Waals surface area contributed by atoms with Gasteiger partial charge < -0.3 is 10.5 Å². The summed E-state index contributed by atoms with van der Waals surface area (Å²) in [4.78, 5) is 27.4. The molecule has 9 heteroatoms. The van der Waals surface area contributed by atoms with Gasteiger partial charge in [-0.2, -0.15) is 13.2 Å². The predicted octanol–water partition coefficient (Wildman–Crippen LogP) is 0.949. The van der Waals surface area contributed by atoms with E-state index in [1.54, 1.807) is 0 Å². The number of cyclic esters (lactones) is 1. The van der Waals surface area contributed by atoms with E-state index in [0.29, 0.717) is 6.20 Å². The van der Waals surface area contributed by atoms with Crippen molar-refractivity contribution < 1.29 is 27.5 Å². The maximum absolute atomic E-state index is 12.6. The number of ether oxygens (including phenoxy) is 1. The van der Waals surface area contributed by atoms with Crippen LogP contribution in [0.3, 0.4) is 0 Å². The van der Waals surface area contributed by atoms with Crippen LogP contribution in [-0.2, 0) is 22.1 Å². The number of hydrogen-bond donors (Lipinski definition) is 1. The highest BCUT2D eigenvalue weighted by atomic mass is 19.4. The number of rotatable bonds is 3. The molecular weight excluding hydrogens is 291 g/mol. The minimum atomic E-state index is -4.52. The Morgan fingerprint density at radius 1 is 1.48 bits per heavy atom. The van der Waals surface area contributed by atoms with Crippen LogP contribution in [0.5, 0.6) is 0 Å². The number of nitrogens with two attached hydrogens (primary N) is 1. The van der Waals surface area contributed by atoms with Gasteiger partial charge in [0.1, 0.15) is 6.61 Å². The number of amides is 2. The lowest BCUT2D eigenvalue weighted by Gasteiger charge is -2.17. The van der Waals surface area contributed by atoms with E-state index in [1.807, 2.05) is 0 Å². The Morgan fingerprint density at radius 3 is 2.76 bits per heavy atom. The molecule has 1 fully saturated rings. The molecule has 2 rings (SSSR count). The van der Waals surface area contributed by atoms with Crippen molar-refractivity contribution in [3.8, 4) is 0 Å². The van der Waals surface area contributed by atoms with E-state index in [9.17, 15) is 22.8 Å². The van der Waals surface area contributed by atoms with Crippen molar-refractivity contribution in [2.45, 2.75) is 18.6 Å². The molecule has 6 nitrogen and oxygen atoms in total. The van der Waals surface area contributed by atoms with Crippen LogP contribution in [-0.4, -0.2) is 41.1 Å². The number of alkyl halides is 3. The molecule has 1 aliphatic heterocycles.